The third-order valence-electron chi connectivity index (χ3n) is 2.66. The monoisotopic (exact) mass is 277 g/mol. The van der Waals surface area contributed by atoms with Crippen LogP contribution >= 0.6 is 0 Å². The van der Waals surface area contributed by atoms with Crippen LogP contribution < -0.4 is 5.32 Å². The molecule has 0 saturated carbocycles. The van der Waals surface area contributed by atoms with Crippen LogP contribution in [0.1, 0.15) is 16.7 Å². The number of aromatic nitrogens is 1. The third-order valence-corrected chi connectivity index (χ3v) is 2.66. The minimum Gasteiger partial charge on any atom is -0.380 e. The molecule has 2 rings (SSSR count). The second-order valence-corrected chi connectivity index (χ2v) is 4.08. The number of hydrogen-bond donors (Lipinski definition) is 1. The van der Waals surface area contributed by atoms with E-state index < -0.39 is 11.7 Å². The zero-order valence-corrected chi connectivity index (χ0v) is 10.3. The van der Waals surface area contributed by atoms with E-state index in [0.717, 1.165) is 11.6 Å². The Bertz CT molecular complexity index is 630. The lowest BCUT2D eigenvalue weighted by molar-refractivity contribution is -0.137. The van der Waals surface area contributed by atoms with E-state index in [0.29, 0.717) is 0 Å². The Hall–Kier alpha value is -2.55. The van der Waals surface area contributed by atoms with Gasteiger partial charge in [0.1, 0.15) is 0 Å². The summed E-state index contributed by atoms with van der Waals surface area (Å²) >= 11 is 0. The summed E-state index contributed by atoms with van der Waals surface area (Å²) in [6.07, 6.45) is -1.35. The van der Waals surface area contributed by atoms with Crippen molar-refractivity contribution in [3.8, 4) is 6.07 Å². The molecule has 0 spiro atoms. The molecular weight excluding hydrogens is 267 g/mol. The molecule has 1 heterocycles. The maximum Gasteiger partial charge on any atom is 0.418 e. The van der Waals surface area contributed by atoms with Crippen LogP contribution in [0, 0.1) is 11.3 Å². The Morgan fingerprint density at radius 1 is 1.25 bits per heavy atom. The van der Waals surface area contributed by atoms with Crippen molar-refractivity contribution >= 4 is 5.69 Å². The van der Waals surface area contributed by atoms with Crippen molar-refractivity contribution < 1.29 is 13.2 Å². The van der Waals surface area contributed by atoms with Crippen LogP contribution in [-0.4, -0.2) is 4.98 Å². The van der Waals surface area contributed by atoms with E-state index in [9.17, 15) is 13.2 Å². The second-order valence-electron chi connectivity index (χ2n) is 4.08. The quantitative estimate of drug-likeness (QED) is 0.932. The molecule has 6 heteroatoms. The fraction of sp³-hybridized carbons (Fsp3) is 0.143. The average molecular weight is 277 g/mol. The number of alkyl halides is 3. The summed E-state index contributed by atoms with van der Waals surface area (Å²) in [6.45, 7) is 0.225. The number of nitrogens with zero attached hydrogens (tertiary/aromatic N) is 2. The molecule has 3 nitrogen and oxygen atoms in total. The van der Waals surface area contributed by atoms with Crippen molar-refractivity contribution in [2.75, 3.05) is 5.32 Å². The summed E-state index contributed by atoms with van der Waals surface area (Å²) in [7, 11) is 0. The normalized spacial score (nSPS) is 10.9. The molecule has 1 N–H and O–H groups in total. The van der Waals surface area contributed by atoms with E-state index in [2.05, 4.69) is 10.3 Å². The van der Waals surface area contributed by atoms with Gasteiger partial charge in [0, 0.05) is 24.6 Å². The molecule has 102 valence electrons. The molecule has 0 saturated heterocycles. The topological polar surface area (TPSA) is 48.7 Å². The minimum absolute atomic E-state index is 0.0238. The molecule has 0 aliphatic heterocycles. The van der Waals surface area contributed by atoms with Gasteiger partial charge in [0.2, 0.25) is 0 Å². The molecule has 1 aromatic carbocycles. The number of anilines is 1. The van der Waals surface area contributed by atoms with Crippen LogP contribution in [0.2, 0.25) is 0 Å². The smallest absolute Gasteiger partial charge is 0.380 e. The molecule has 0 atom stereocenters. The zero-order valence-electron chi connectivity index (χ0n) is 10.3. The molecule has 0 radical (unpaired) electrons. The number of nitriles is 1. The average Bonchev–Trinajstić information content (AvgIpc) is 2.45. The standard InChI is InChI=1S/C14H10F3N3/c15-14(16,17)12-6-10(7-18)3-4-13(12)20-9-11-2-1-5-19-8-11/h1-6,8,20H,9H2. The maximum atomic E-state index is 12.9. The minimum atomic E-state index is -4.51. The first-order valence-corrected chi connectivity index (χ1v) is 5.75. The van der Waals surface area contributed by atoms with Gasteiger partial charge in [-0.3, -0.25) is 4.98 Å². The molecule has 0 bridgehead atoms. The van der Waals surface area contributed by atoms with Crippen LogP contribution in [0.25, 0.3) is 0 Å². The lowest BCUT2D eigenvalue weighted by Crippen LogP contribution is -2.11. The van der Waals surface area contributed by atoms with Gasteiger partial charge in [-0.15, -0.1) is 0 Å². The number of hydrogen-bond acceptors (Lipinski definition) is 3. The lowest BCUT2D eigenvalue weighted by atomic mass is 10.1. The van der Waals surface area contributed by atoms with Crippen LogP contribution in [0.3, 0.4) is 0 Å². The van der Waals surface area contributed by atoms with E-state index in [1.807, 2.05) is 0 Å². The number of rotatable bonds is 3. The van der Waals surface area contributed by atoms with Gasteiger partial charge in [0.25, 0.3) is 0 Å². The van der Waals surface area contributed by atoms with Gasteiger partial charge in [-0.2, -0.15) is 18.4 Å². The predicted octanol–water partition coefficient (Wildman–Crippen LogP) is 3.58. The Labute approximate surface area is 113 Å². The van der Waals surface area contributed by atoms with E-state index >= 15 is 0 Å². The third kappa shape index (κ3) is 3.26. The van der Waals surface area contributed by atoms with Gasteiger partial charge in [0.05, 0.1) is 17.2 Å². The van der Waals surface area contributed by atoms with E-state index in [4.69, 9.17) is 5.26 Å². The van der Waals surface area contributed by atoms with E-state index in [1.165, 1.54) is 12.1 Å². The highest BCUT2D eigenvalue weighted by Crippen LogP contribution is 2.35. The Kier molecular flexibility index (Phi) is 3.89. The number of nitrogens with one attached hydrogen (secondary N) is 1. The number of halogens is 3. The van der Waals surface area contributed by atoms with Crippen molar-refractivity contribution in [1.82, 2.24) is 4.98 Å². The van der Waals surface area contributed by atoms with Gasteiger partial charge >= 0.3 is 6.18 Å². The fourth-order valence-electron chi connectivity index (χ4n) is 1.70. The Balaban J connectivity index is 2.25. The molecule has 0 unspecified atom stereocenters. The van der Waals surface area contributed by atoms with Crippen molar-refractivity contribution in [3.05, 3.63) is 59.4 Å². The first-order chi connectivity index (χ1) is 9.50. The highest BCUT2D eigenvalue weighted by molar-refractivity contribution is 5.56. The highest BCUT2D eigenvalue weighted by Gasteiger charge is 2.33. The first kappa shape index (κ1) is 13.9. The summed E-state index contributed by atoms with van der Waals surface area (Å²) < 4.78 is 38.8. The van der Waals surface area contributed by atoms with E-state index in [1.54, 1.807) is 30.6 Å². The predicted molar refractivity (Wildman–Crippen MR) is 67.7 cm³/mol. The molecule has 0 aliphatic carbocycles. The molecular formula is C14H10F3N3. The van der Waals surface area contributed by atoms with Gasteiger partial charge in [-0.05, 0) is 29.8 Å². The lowest BCUT2D eigenvalue weighted by Gasteiger charge is -2.14. The summed E-state index contributed by atoms with van der Waals surface area (Å²) in [5.74, 6) is 0. The van der Waals surface area contributed by atoms with Crippen molar-refractivity contribution in [2.45, 2.75) is 12.7 Å². The zero-order chi connectivity index (χ0) is 14.6. The maximum absolute atomic E-state index is 12.9. The van der Waals surface area contributed by atoms with E-state index in [-0.39, 0.29) is 17.8 Å². The SMILES string of the molecule is N#Cc1ccc(NCc2cccnc2)c(C(F)(F)F)c1. The van der Waals surface area contributed by atoms with Crippen LogP contribution in [0.15, 0.2) is 42.7 Å². The van der Waals surface area contributed by atoms with Crippen molar-refractivity contribution in [3.63, 3.8) is 0 Å². The van der Waals surface area contributed by atoms with Crippen molar-refractivity contribution in [2.24, 2.45) is 0 Å². The van der Waals surface area contributed by atoms with Crippen LogP contribution in [-0.2, 0) is 12.7 Å². The van der Waals surface area contributed by atoms with Gasteiger partial charge in [-0.1, -0.05) is 6.07 Å². The van der Waals surface area contributed by atoms with Gasteiger partial charge in [-0.25, -0.2) is 0 Å². The largest absolute Gasteiger partial charge is 0.418 e. The summed E-state index contributed by atoms with van der Waals surface area (Å²) in [6, 6.07) is 8.62. The molecule has 20 heavy (non-hydrogen) atoms. The number of pyridine rings is 1. The molecule has 0 amide bonds. The molecule has 0 fully saturated rings. The molecule has 1 aromatic heterocycles. The highest BCUT2D eigenvalue weighted by atomic mass is 19.4. The van der Waals surface area contributed by atoms with Gasteiger partial charge < -0.3 is 5.32 Å². The molecule has 0 aliphatic rings. The second kappa shape index (κ2) is 5.61. The first-order valence-electron chi connectivity index (χ1n) is 5.75. The Morgan fingerprint density at radius 3 is 2.65 bits per heavy atom. The summed E-state index contributed by atoms with van der Waals surface area (Å²) in [5, 5.41) is 11.4. The van der Waals surface area contributed by atoms with Crippen LogP contribution in [0.4, 0.5) is 18.9 Å². The van der Waals surface area contributed by atoms with Crippen molar-refractivity contribution in [1.29, 1.82) is 5.26 Å². The fourth-order valence-corrected chi connectivity index (χ4v) is 1.70. The Morgan fingerprint density at radius 2 is 2.05 bits per heavy atom. The summed E-state index contributed by atoms with van der Waals surface area (Å²) in [5.41, 5.74) is -0.157. The number of benzene rings is 1. The molecule has 2 aromatic rings. The van der Waals surface area contributed by atoms with Gasteiger partial charge in [0.15, 0.2) is 0 Å². The summed E-state index contributed by atoms with van der Waals surface area (Å²) in [4.78, 5) is 3.89. The van der Waals surface area contributed by atoms with Crippen LogP contribution in [0.5, 0.6) is 0 Å².